The lowest BCUT2D eigenvalue weighted by atomic mass is 10.2. The third-order valence-electron chi connectivity index (χ3n) is 3.75. The zero-order chi connectivity index (χ0) is 16.8. The molecule has 0 spiro atoms. The zero-order valence-electron chi connectivity index (χ0n) is 13.0. The van der Waals surface area contributed by atoms with E-state index in [2.05, 4.69) is 9.97 Å². The summed E-state index contributed by atoms with van der Waals surface area (Å²) in [7, 11) is -3.89. The molecule has 1 N–H and O–H groups in total. The first kappa shape index (κ1) is 15.4. The molecule has 0 aliphatic heterocycles. The third kappa shape index (κ3) is 2.55. The van der Waals surface area contributed by atoms with Gasteiger partial charge in [-0.1, -0.05) is 17.7 Å². The van der Waals surface area contributed by atoms with Crippen molar-refractivity contribution in [1.82, 2.24) is 9.97 Å². The average Bonchev–Trinajstić information content (AvgIpc) is 2.46. The monoisotopic (exact) mass is 328 g/mol. The van der Waals surface area contributed by atoms with E-state index < -0.39 is 15.3 Å². The summed E-state index contributed by atoms with van der Waals surface area (Å²) in [6.07, 6.45) is 1.23. The van der Waals surface area contributed by atoms with Gasteiger partial charge in [0.2, 0.25) is 15.3 Å². The minimum absolute atomic E-state index is 0.146. The summed E-state index contributed by atoms with van der Waals surface area (Å²) in [4.78, 5) is 19.5. The van der Waals surface area contributed by atoms with E-state index in [-0.39, 0.29) is 15.2 Å². The number of aromatic nitrogens is 2. The van der Waals surface area contributed by atoms with Gasteiger partial charge in [0.15, 0.2) is 0 Å². The summed E-state index contributed by atoms with van der Waals surface area (Å²) in [6, 6.07) is 8.33. The standard InChI is InChI=1S/C17H16N2O3S/c1-10-4-7-14(11(2)8-10)23(21,22)15-9-18-17-13(16(15)20)6-5-12(3)19-17/h4-9H,1-3H3,(H,18,19,20). The molecule has 0 aliphatic carbocycles. The smallest absolute Gasteiger partial charge is 0.212 e. The van der Waals surface area contributed by atoms with Crippen LogP contribution in [0, 0.1) is 20.8 Å². The van der Waals surface area contributed by atoms with Crippen molar-refractivity contribution in [3.05, 3.63) is 63.6 Å². The van der Waals surface area contributed by atoms with Crippen molar-refractivity contribution in [1.29, 1.82) is 0 Å². The number of aromatic amines is 1. The Balaban J connectivity index is 2.29. The van der Waals surface area contributed by atoms with Gasteiger partial charge >= 0.3 is 0 Å². The number of fused-ring (bicyclic) bond motifs is 1. The molecule has 3 rings (SSSR count). The van der Waals surface area contributed by atoms with Crippen molar-refractivity contribution in [2.45, 2.75) is 30.6 Å². The molecule has 6 heteroatoms. The Morgan fingerprint density at radius 1 is 1.00 bits per heavy atom. The largest absolute Gasteiger partial charge is 0.345 e. The van der Waals surface area contributed by atoms with Crippen LogP contribution in [-0.4, -0.2) is 18.4 Å². The van der Waals surface area contributed by atoms with Crippen molar-refractivity contribution in [3.63, 3.8) is 0 Å². The molecule has 0 unspecified atom stereocenters. The maximum absolute atomic E-state index is 12.9. The fourth-order valence-corrected chi connectivity index (χ4v) is 4.14. The number of sulfone groups is 1. The number of H-pyrrole nitrogens is 1. The van der Waals surface area contributed by atoms with Crippen LogP contribution >= 0.6 is 0 Å². The predicted molar refractivity (Wildman–Crippen MR) is 88.5 cm³/mol. The average molecular weight is 328 g/mol. The Kier molecular flexibility index (Phi) is 3.56. The maximum Gasteiger partial charge on any atom is 0.212 e. The fraction of sp³-hybridized carbons (Fsp3) is 0.176. The molecule has 1 aromatic carbocycles. The number of hydrogen-bond donors (Lipinski definition) is 1. The van der Waals surface area contributed by atoms with Crippen molar-refractivity contribution < 1.29 is 8.42 Å². The van der Waals surface area contributed by atoms with Crippen LogP contribution < -0.4 is 5.43 Å². The highest BCUT2D eigenvalue weighted by Crippen LogP contribution is 2.23. The van der Waals surface area contributed by atoms with Crippen LogP contribution in [0.5, 0.6) is 0 Å². The maximum atomic E-state index is 12.9. The third-order valence-corrected chi connectivity index (χ3v) is 5.67. The van der Waals surface area contributed by atoms with Crippen LogP contribution in [0.3, 0.4) is 0 Å². The van der Waals surface area contributed by atoms with Crippen LogP contribution in [0.2, 0.25) is 0 Å². The summed E-state index contributed by atoms with van der Waals surface area (Å²) in [6.45, 7) is 5.42. The van der Waals surface area contributed by atoms with E-state index in [1.54, 1.807) is 38.1 Å². The molecule has 0 fully saturated rings. The van der Waals surface area contributed by atoms with Gasteiger partial charge in [-0.2, -0.15) is 0 Å². The number of rotatable bonds is 2. The zero-order valence-corrected chi connectivity index (χ0v) is 13.9. The van der Waals surface area contributed by atoms with Crippen LogP contribution in [0.15, 0.2) is 51.1 Å². The second-order valence-corrected chi connectivity index (χ2v) is 7.49. The molecule has 0 saturated carbocycles. The fourth-order valence-electron chi connectivity index (χ4n) is 2.60. The molecule has 0 saturated heterocycles. The first-order valence-electron chi connectivity index (χ1n) is 7.12. The Bertz CT molecular complexity index is 1080. The van der Waals surface area contributed by atoms with Crippen LogP contribution in [0.25, 0.3) is 11.0 Å². The second kappa shape index (κ2) is 5.31. The van der Waals surface area contributed by atoms with Gasteiger partial charge in [0.1, 0.15) is 10.5 Å². The molecule has 2 heterocycles. The SMILES string of the molecule is Cc1ccc(S(=O)(=O)c2c[nH]c3nc(C)ccc3c2=O)c(C)c1. The first-order chi connectivity index (χ1) is 10.8. The molecule has 2 aromatic heterocycles. The van der Waals surface area contributed by atoms with Gasteiger partial charge in [0.25, 0.3) is 0 Å². The lowest BCUT2D eigenvalue weighted by Crippen LogP contribution is -2.17. The lowest BCUT2D eigenvalue weighted by molar-refractivity contribution is 0.594. The number of nitrogens with one attached hydrogen (secondary N) is 1. The van der Waals surface area contributed by atoms with E-state index in [4.69, 9.17) is 0 Å². The van der Waals surface area contributed by atoms with E-state index in [0.29, 0.717) is 11.2 Å². The quantitative estimate of drug-likeness (QED) is 0.784. The summed E-state index contributed by atoms with van der Waals surface area (Å²) in [5, 5.41) is 0.265. The van der Waals surface area contributed by atoms with E-state index in [0.717, 1.165) is 11.3 Å². The summed E-state index contributed by atoms with van der Waals surface area (Å²) in [5.74, 6) is 0. The molecule has 0 amide bonds. The minimum Gasteiger partial charge on any atom is -0.345 e. The first-order valence-corrected chi connectivity index (χ1v) is 8.60. The number of pyridine rings is 2. The Morgan fingerprint density at radius 3 is 2.43 bits per heavy atom. The summed E-state index contributed by atoms with van der Waals surface area (Å²) >= 11 is 0. The second-order valence-electron chi connectivity index (χ2n) is 5.60. The predicted octanol–water partition coefficient (Wildman–Crippen LogP) is 2.68. The highest BCUT2D eigenvalue weighted by molar-refractivity contribution is 7.91. The highest BCUT2D eigenvalue weighted by Gasteiger charge is 2.24. The Hall–Kier alpha value is -2.47. The Labute approximate surface area is 133 Å². The number of hydrogen-bond acceptors (Lipinski definition) is 4. The van der Waals surface area contributed by atoms with Crippen molar-refractivity contribution in [2.24, 2.45) is 0 Å². The normalized spacial score (nSPS) is 11.8. The van der Waals surface area contributed by atoms with Gasteiger partial charge in [0, 0.05) is 11.9 Å². The Morgan fingerprint density at radius 2 is 1.74 bits per heavy atom. The topological polar surface area (TPSA) is 79.9 Å². The van der Waals surface area contributed by atoms with Gasteiger partial charge in [-0.3, -0.25) is 4.79 Å². The van der Waals surface area contributed by atoms with Crippen molar-refractivity contribution in [3.8, 4) is 0 Å². The van der Waals surface area contributed by atoms with Gasteiger partial charge < -0.3 is 4.98 Å². The molecular weight excluding hydrogens is 312 g/mol. The van der Waals surface area contributed by atoms with Crippen LogP contribution in [0.4, 0.5) is 0 Å². The number of aryl methyl sites for hydroxylation is 3. The number of benzene rings is 1. The van der Waals surface area contributed by atoms with E-state index in [1.807, 2.05) is 6.92 Å². The molecule has 3 aromatic rings. The van der Waals surface area contributed by atoms with E-state index in [9.17, 15) is 13.2 Å². The van der Waals surface area contributed by atoms with Gasteiger partial charge in [-0.15, -0.1) is 0 Å². The lowest BCUT2D eigenvalue weighted by Gasteiger charge is -2.09. The summed E-state index contributed by atoms with van der Waals surface area (Å²) < 4.78 is 25.7. The molecule has 0 aliphatic rings. The molecule has 23 heavy (non-hydrogen) atoms. The molecule has 0 radical (unpaired) electrons. The van der Waals surface area contributed by atoms with Crippen molar-refractivity contribution in [2.75, 3.05) is 0 Å². The van der Waals surface area contributed by atoms with E-state index >= 15 is 0 Å². The van der Waals surface area contributed by atoms with E-state index in [1.165, 1.54) is 12.3 Å². The van der Waals surface area contributed by atoms with Gasteiger partial charge in [-0.25, -0.2) is 13.4 Å². The molecule has 0 bridgehead atoms. The molecule has 5 nitrogen and oxygen atoms in total. The minimum atomic E-state index is -3.89. The molecule has 0 atom stereocenters. The van der Waals surface area contributed by atoms with Gasteiger partial charge in [0.05, 0.1) is 10.3 Å². The van der Waals surface area contributed by atoms with Gasteiger partial charge in [-0.05, 0) is 44.5 Å². The number of nitrogens with zero attached hydrogens (tertiary/aromatic N) is 1. The van der Waals surface area contributed by atoms with Crippen LogP contribution in [0.1, 0.15) is 16.8 Å². The molecular formula is C17H16N2O3S. The summed E-state index contributed by atoms with van der Waals surface area (Å²) in [5.41, 5.74) is 2.18. The van der Waals surface area contributed by atoms with Crippen LogP contribution in [-0.2, 0) is 9.84 Å². The van der Waals surface area contributed by atoms with Crippen molar-refractivity contribution >= 4 is 20.9 Å². The highest BCUT2D eigenvalue weighted by atomic mass is 32.2. The molecule has 118 valence electrons.